The zero-order valence-corrected chi connectivity index (χ0v) is 21.8. The fourth-order valence-electron chi connectivity index (χ4n) is 5.12. The smallest absolute Gasteiger partial charge is 0.275 e. The maximum absolute atomic E-state index is 14.9. The second-order valence-corrected chi connectivity index (χ2v) is 10.6. The van der Waals surface area contributed by atoms with E-state index in [1.54, 1.807) is 24.3 Å². The van der Waals surface area contributed by atoms with E-state index in [0.717, 1.165) is 43.9 Å². The molecule has 0 atom stereocenters. The second-order valence-electron chi connectivity index (χ2n) is 10.6. The van der Waals surface area contributed by atoms with Crippen molar-refractivity contribution < 1.29 is 22.2 Å². The molecule has 0 unspecified atom stereocenters. The fourth-order valence-corrected chi connectivity index (χ4v) is 5.12. The highest BCUT2D eigenvalue weighted by Gasteiger charge is 2.36. The van der Waals surface area contributed by atoms with Gasteiger partial charge in [0.05, 0.1) is 10.9 Å². The largest absolute Gasteiger partial charge is 0.455 e. The minimum atomic E-state index is -2.92. The summed E-state index contributed by atoms with van der Waals surface area (Å²) in [5, 5.41) is 3.17. The number of nitrogens with zero attached hydrogens (tertiary/aromatic N) is 1. The number of hydrogen-bond donors (Lipinski definition) is 0. The summed E-state index contributed by atoms with van der Waals surface area (Å²) in [6.45, 7) is 11.0. The van der Waals surface area contributed by atoms with E-state index in [1.165, 1.54) is 19.9 Å². The van der Waals surface area contributed by atoms with Gasteiger partial charge in [-0.05, 0) is 72.2 Å². The van der Waals surface area contributed by atoms with E-state index in [-0.39, 0.29) is 17.3 Å². The third-order valence-corrected chi connectivity index (χ3v) is 7.51. The topological polar surface area (TPSA) is 17.0 Å². The van der Waals surface area contributed by atoms with Crippen molar-refractivity contribution in [3.05, 3.63) is 76.7 Å². The summed E-state index contributed by atoms with van der Waals surface area (Å²) < 4.78 is 53.0. The molecule has 2 heterocycles. The molecule has 0 saturated carbocycles. The molecule has 5 aromatic rings. The van der Waals surface area contributed by atoms with Gasteiger partial charge in [-0.15, -0.1) is 0 Å². The first-order valence-electron chi connectivity index (χ1n) is 12.4. The number of alkyl halides is 2. The predicted molar refractivity (Wildman–Crippen MR) is 140 cm³/mol. The van der Waals surface area contributed by atoms with Gasteiger partial charge in [-0.2, -0.15) is 0 Å². The number of benzene rings is 3. The fraction of sp³-hybridized carbons (Fsp3) is 0.323. The number of furan rings is 1. The Hall–Kier alpha value is -3.34. The van der Waals surface area contributed by atoms with Crippen molar-refractivity contribution in [3.8, 4) is 11.3 Å². The van der Waals surface area contributed by atoms with Crippen molar-refractivity contribution in [1.29, 1.82) is 0 Å². The van der Waals surface area contributed by atoms with Crippen LogP contribution >= 0.6 is 0 Å². The quantitative estimate of drug-likeness (QED) is 0.230. The van der Waals surface area contributed by atoms with Gasteiger partial charge in [0.1, 0.15) is 24.0 Å². The van der Waals surface area contributed by atoms with Gasteiger partial charge >= 0.3 is 0 Å². The zero-order chi connectivity index (χ0) is 26.1. The minimum Gasteiger partial charge on any atom is -0.455 e. The molecule has 0 amide bonds. The van der Waals surface area contributed by atoms with Crippen LogP contribution in [0.4, 0.5) is 13.2 Å². The first-order chi connectivity index (χ1) is 16.9. The Morgan fingerprint density at radius 3 is 2.28 bits per heavy atom. The molecular formula is C31H31F3NO+. The zero-order valence-electron chi connectivity index (χ0n) is 21.8. The molecule has 0 spiro atoms. The monoisotopic (exact) mass is 490 g/mol. The Morgan fingerprint density at radius 1 is 0.889 bits per heavy atom. The number of pyridine rings is 1. The average molecular weight is 491 g/mol. The maximum Gasteiger partial charge on any atom is 0.275 e. The third kappa shape index (κ3) is 3.59. The molecule has 0 radical (unpaired) electrons. The third-order valence-electron chi connectivity index (χ3n) is 7.51. The average Bonchev–Trinajstić information content (AvgIpc) is 3.16. The van der Waals surface area contributed by atoms with Crippen molar-refractivity contribution in [1.82, 2.24) is 0 Å². The normalized spacial score (nSPS) is 12.7. The van der Waals surface area contributed by atoms with Crippen LogP contribution in [0.3, 0.4) is 0 Å². The number of halogens is 3. The Kier molecular flexibility index (Phi) is 5.66. The van der Waals surface area contributed by atoms with Crippen molar-refractivity contribution in [2.75, 3.05) is 0 Å². The van der Waals surface area contributed by atoms with E-state index in [2.05, 4.69) is 0 Å². The first-order valence-corrected chi connectivity index (χ1v) is 12.4. The van der Waals surface area contributed by atoms with Gasteiger partial charge in [0.15, 0.2) is 6.20 Å². The van der Waals surface area contributed by atoms with Crippen LogP contribution in [-0.2, 0) is 13.0 Å². The first kappa shape index (κ1) is 24.4. The van der Waals surface area contributed by atoms with Gasteiger partial charge < -0.3 is 4.42 Å². The van der Waals surface area contributed by atoms with Gasteiger partial charge in [-0.3, -0.25) is 0 Å². The standard InChI is InChI=1S/C31H31F3NO/c1-16(2)23-15-27-24(14-26(23)32)25-12-18(5)19(6)28(30(25)36-27)29-22-9-8-21(31(33,34)17(3)4)13-20(22)10-11-35(29)7/h8-17H,1-7H3/q+1. The van der Waals surface area contributed by atoms with E-state index >= 15 is 0 Å². The van der Waals surface area contributed by atoms with Gasteiger partial charge in [0, 0.05) is 28.3 Å². The summed E-state index contributed by atoms with van der Waals surface area (Å²) in [6, 6.07) is 12.2. The molecule has 3 aromatic carbocycles. The predicted octanol–water partition coefficient (Wildman–Crippen LogP) is 8.86. The van der Waals surface area contributed by atoms with E-state index in [9.17, 15) is 13.2 Å². The van der Waals surface area contributed by atoms with Crippen LogP contribution < -0.4 is 4.57 Å². The molecule has 0 saturated heterocycles. The van der Waals surface area contributed by atoms with Crippen molar-refractivity contribution in [3.63, 3.8) is 0 Å². The van der Waals surface area contributed by atoms with Gasteiger partial charge in [0.2, 0.25) is 5.69 Å². The van der Waals surface area contributed by atoms with E-state index < -0.39 is 11.8 Å². The number of fused-ring (bicyclic) bond motifs is 4. The molecule has 0 bridgehead atoms. The molecule has 2 aromatic heterocycles. The lowest BCUT2D eigenvalue weighted by Gasteiger charge is -2.21. The molecule has 36 heavy (non-hydrogen) atoms. The lowest BCUT2D eigenvalue weighted by Crippen LogP contribution is -2.31. The molecular weight excluding hydrogens is 459 g/mol. The van der Waals surface area contributed by atoms with Crippen LogP contribution in [0.25, 0.3) is 44.0 Å². The van der Waals surface area contributed by atoms with Gasteiger partial charge in [0.25, 0.3) is 5.92 Å². The summed E-state index contributed by atoms with van der Waals surface area (Å²) in [4.78, 5) is 0. The van der Waals surface area contributed by atoms with E-state index in [4.69, 9.17) is 4.42 Å². The minimum absolute atomic E-state index is 0.0105. The highest BCUT2D eigenvalue weighted by atomic mass is 19.3. The summed E-state index contributed by atoms with van der Waals surface area (Å²) in [5.74, 6) is -3.94. The summed E-state index contributed by atoms with van der Waals surface area (Å²) in [6.07, 6.45) is 1.89. The van der Waals surface area contributed by atoms with Crippen LogP contribution in [0.2, 0.25) is 0 Å². The summed E-state index contributed by atoms with van der Waals surface area (Å²) in [7, 11) is 1.94. The molecule has 5 rings (SSSR count). The number of aryl methyl sites for hydroxylation is 2. The molecule has 186 valence electrons. The second kappa shape index (κ2) is 8.36. The number of aromatic nitrogens is 1. The van der Waals surface area contributed by atoms with Crippen LogP contribution in [-0.4, -0.2) is 0 Å². The SMILES string of the molecule is Cc1cc2c(oc3cc(C(C)C)c(F)cc32)c(-c2c3ccc(C(F)(F)C(C)C)cc3cc[n+]2C)c1C. The van der Waals surface area contributed by atoms with Gasteiger partial charge in [-0.1, -0.05) is 33.8 Å². The molecule has 0 aliphatic carbocycles. The highest BCUT2D eigenvalue weighted by Crippen LogP contribution is 2.43. The van der Waals surface area contributed by atoms with Crippen LogP contribution in [0, 0.1) is 25.6 Å². The Balaban J connectivity index is 1.86. The molecule has 0 aliphatic rings. The van der Waals surface area contributed by atoms with Crippen molar-refractivity contribution in [2.24, 2.45) is 13.0 Å². The van der Waals surface area contributed by atoms with Gasteiger partial charge in [-0.25, -0.2) is 17.7 Å². The van der Waals surface area contributed by atoms with Crippen LogP contribution in [0.5, 0.6) is 0 Å². The van der Waals surface area contributed by atoms with Crippen LogP contribution in [0.15, 0.2) is 53.1 Å². The summed E-state index contributed by atoms with van der Waals surface area (Å²) in [5.41, 5.74) is 5.80. The molecule has 2 nitrogen and oxygen atoms in total. The lowest BCUT2D eigenvalue weighted by molar-refractivity contribution is -0.659. The molecule has 0 aliphatic heterocycles. The van der Waals surface area contributed by atoms with E-state index in [1.807, 2.05) is 57.6 Å². The molecule has 0 N–H and O–H groups in total. The van der Waals surface area contributed by atoms with E-state index in [0.29, 0.717) is 16.7 Å². The Bertz CT molecular complexity index is 1660. The maximum atomic E-state index is 14.9. The highest BCUT2D eigenvalue weighted by molar-refractivity contribution is 6.12. The Labute approximate surface area is 209 Å². The summed E-state index contributed by atoms with van der Waals surface area (Å²) >= 11 is 0. The van der Waals surface area contributed by atoms with Crippen LogP contribution in [0.1, 0.15) is 55.9 Å². The molecule has 0 fully saturated rings. The molecule has 5 heteroatoms. The van der Waals surface area contributed by atoms with Crippen molar-refractivity contribution in [2.45, 2.75) is 53.4 Å². The Morgan fingerprint density at radius 2 is 1.61 bits per heavy atom. The van der Waals surface area contributed by atoms with Crippen molar-refractivity contribution >= 4 is 32.7 Å². The number of hydrogen-bond acceptors (Lipinski definition) is 1. The lowest BCUT2D eigenvalue weighted by atomic mass is 9.91. The number of rotatable bonds is 4.